The molecule has 0 aliphatic heterocycles. The number of furan rings is 1. The summed E-state index contributed by atoms with van der Waals surface area (Å²) < 4.78 is 10.9. The van der Waals surface area contributed by atoms with Crippen molar-refractivity contribution in [3.05, 3.63) is 83.8 Å². The lowest BCUT2D eigenvalue weighted by Crippen LogP contribution is -2.25. The van der Waals surface area contributed by atoms with E-state index in [0.717, 1.165) is 10.2 Å². The molecule has 0 fully saturated rings. The molecule has 0 bridgehead atoms. The third kappa shape index (κ3) is 3.92. The fraction of sp³-hybridized carbons (Fsp3) is 0.0476. The summed E-state index contributed by atoms with van der Waals surface area (Å²) in [6.45, 7) is 0. The lowest BCUT2D eigenvalue weighted by atomic mass is 10.1. The van der Waals surface area contributed by atoms with Gasteiger partial charge in [-0.05, 0) is 48.5 Å². The molecule has 0 aliphatic rings. The molecule has 2 aromatic carbocycles. The summed E-state index contributed by atoms with van der Waals surface area (Å²) in [5.74, 6) is -0.351. The van der Waals surface area contributed by atoms with Crippen molar-refractivity contribution in [2.45, 2.75) is 0 Å². The molecule has 0 spiro atoms. The number of carbonyl (C=O) groups excluding carboxylic acids is 2. The molecule has 8 heteroatoms. The van der Waals surface area contributed by atoms with Crippen LogP contribution in [0.4, 0.5) is 5.13 Å². The minimum Gasteiger partial charge on any atom is -0.465 e. The Morgan fingerprint density at radius 1 is 1.07 bits per heavy atom. The van der Waals surface area contributed by atoms with E-state index in [0.29, 0.717) is 22.0 Å². The van der Waals surface area contributed by atoms with Crippen LogP contribution in [-0.2, 0) is 4.74 Å². The quantitative estimate of drug-likeness (QED) is 0.280. The first-order valence-electron chi connectivity index (χ1n) is 8.61. The maximum atomic E-state index is 13.2. The molecule has 7 nitrogen and oxygen atoms in total. The van der Waals surface area contributed by atoms with Crippen molar-refractivity contribution in [1.82, 2.24) is 4.98 Å². The number of nitrogens with zero attached hydrogens (tertiary/aromatic N) is 3. The molecule has 29 heavy (non-hydrogen) atoms. The minimum atomic E-state index is -0.470. The molecule has 0 atom stereocenters. The molecule has 2 heterocycles. The molecule has 4 aromatic rings. The van der Waals surface area contributed by atoms with Gasteiger partial charge in [-0.1, -0.05) is 23.5 Å². The largest absolute Gasteiger partial charge is 0.465 e. The summed E-state index contributed by atoms with van der Waals surface area (Å²) in [5, 5.41) is 5.95. The molecule has 0 saturated carbocycles. The number of hydrogen-bond donors (Lipinski definition) is 0. The van der Waals surface area contributed by atoms with Crippen molar-refractivity contribution in [3.63, 3.8) is 0 Å². The standard InChI is InChI=1S/C21H15N3O4S/c1-27-20(26)15-10-8-14(9-11-15)19(25)24(22-13-16-5-4-12-28-16)21-23-17-6-2-3-7-18(17)29-21/h2-13H,1H3/b22-13+. The zero-order chi connectivity index (χ0) is 20.2. The number of carbonyl (C=O) groups is 2. The van der Waals surface area contributed by atoms with Crippen molar-refractivity contribution in [2.24, 2.45) is 5.10 Å². The predicted octanol–water partition coefficient (Wildman–Crippen LogP) is 4.36. The number of ether oxygens (including phenoxy) is 1. The van der Waals surface area contributed by atoms with Gasteiger partial charge in [-0.15, -0.1) is 0 Å². The van der Waals surface area contributed by atoms with Gasteiger partial charge in [0.1, 0.15) is 5.76 Å². The number of aromatic nitrogens is 1. The average molecular weight is 405 g/mol. The molecule has 1 amide bonds. The van der Waals surface area contributed by atoms with Crippen LogP contribution in [0.5, 0.6) is 0 Å². The third-order valence-electron chi connectivity index (χ3n) is 4.05. The molecule has 4 rings (SSSR count). The molecular formula is C21H15N3O4S. The van der Waals surface area contributed by atoms with Crippen LogP contribution >= 0.6 is 11.3 Å². The lowest BCUT2D eigenvalue weighted by Gasteiger charge is -2.13. The summed E-state index contributed by atoms with van der Waals surface area (Å²) in [5.41, 5.74) is 1.49. The van der Waals surface area contributed by atoms with Crippen LogP contribution in [0, 0.1) is 0 Å². The molecule has 0 unspecified atom stereocenters. The van der Waals surface area contributed by atoms with Crippen LogP contribution in [-0.4, -0.2) is 30.2 Å². The van der Waals surface area contributed by atoms with Gasteiger partial charge in [-0.25, -0.2) is 9.78 Å². The van der Waals surface area contributed by atoms with Crippen LogP contribution in [0.1, 0.15) is 26.5 Å². The number of hydrogen-bond acceptors (Lipinski definition) is 7. The highest BCUT2D eigenvalue weighted by Crippen LogP contribution is 2.30. The first-order chi connectivity index (χ1) is 14.2. The van der Waals surface area contributed by atoms with E-state index in [1.807, 2.05) is 24.3 Å². The molecule has 2 aromatic heterocycles. The van der Waals surface area contributed by atoms with Gasteiger partial charge in [0.25, 0.3) is 5.91 Å². The van der Waals surface area contributed by atoms with E-state index in [4.69, 9.17) is 9.15 Å². The SMILES string of the molecule is COC(=O)c1ccc(C(=O)N(/N=C/c2ccco2)c2nc3ccccc3s2)cc1. The predicted molar refractivity (Wildman–Crippen MR) is 111 cm³/mol. The summed E-state index contributed by atoms with van der Waals surface area (Å²) in [4.78, 5) is 29.3. The van der Waals surface area contributed by atoms with Gasteiger partial charge in [0.15, 0.2) is 0 Å². The fourth-order valence-electron chi connectivity index (χ4n) is 2.61. The van der Waals surface area contributed by atoms with E-state index in [2.05, 4.69) is 10.1 Å². The Morgan fingerprint density at radius 2 is 1.83 bits per heavy atom. The number of rotatable bonds is 5. The number of methoxy groups -OCH3 is 1. The second-order valence-electron chi connectivity index (χ2n) is 5.91. The van der Waals surface area contributed by atoms with Gasteiger partial charge in [-0.2, -0.15) is 10.1 Å². The van der Waals surface area contributed by atoms with Crippen LogP contribution < -0.4 is 5.01 Å². The highest BCUT2D eigenvalue weighted by molar-refractivity contribution is 7.22. The summed E-state index contributed by atoms with van der Waals surface area (Å²) in [6.07, 6.45) is 2.98. The Bertz CT molecular complexity index is 1150. The average Bonchev–Trinajstić information content (AvgIpc) is 3.43. The Morgan fingerprint density at radius 3 is 2.52 bits per heavy atom. The number of hydrazone groups is 1. The first-order valence-corrected chi connectivity index (χ1v) is 9.43. The van der Waals surface area contributed by atoms with E-state index in [1.165, 1.54) is 48.1 Å². The van der Waals surface area contributed by atoms with Gasteiger partial charge in [-0.3, -0.25) is 4.79 Å². The van der Waals surface area contributed by atoms with E-state index < -0.39 is 5.97 Å². The second-order valence-corrected chi connectivity index (χ2v) is 6.92. The number of anilines is 1. The van der Waals surface area contributed by atoms with Crippen molar-refractivity contribution < 1.29 is 18.7 Å². The third-order valence-corrected chi connectivity index (χ3v) is 5.06. The molecule has 0 saturated heterocycles. The van der Waals surface area contributed by atoms with Gasteiger partial charge in [0.05, 0.1) is 35.4 Å². The van der Waals surface area contributed by atoms with Crippen molar-refractivity contribution >= 4 is 44.8 Å². The smallest absolute Gasteiger partial charge is 0.337 e. The van der Waals surface area contributed by atoms with Crippen LogP contribution in [0.25, 0.3) is 10.2 Å². The molecule has 0 radical (unpaired) electrons. The Hall–Kier alpha value is -3.78. The van der Waals surface area contributed by atoms with Gasteiger partial charge >= 0.3 is 5.97 Å². The number of benzene rings is 2. The molecule has 144 valence electrons. The second kappa shape index (κ2) is 8.07. The van der Waals surface area contributed by atoms with E-state index in [-0.39, 0.29) is 5.91 Å². The minimum absolute atomic E-state index is 0.355. The highest BCUT2D eigenvalue weighted by atomic mass is 32.1. The zero-order valence-corrected chi connectivity index (χ0v) is 16.1. The van der Waals surface area contributed by atoms with E-state index >= 15 is 0 Å². The van der Waals surface area contributed by atoms with Crippen LogP contribution in [0.2, 0.25) is 0 Å². The van der Waals surface area contributed by atoms with Crippen molar-refractivity contribution in [1.29, 1.82) is 0 Å². The highest BCUT2D eigenvalue weighted by Gasteiger charge is 2.21. The molecule has 0 aliphatic carbocycles. The number of esters is 1. The summed E-state index contributed by atoms with van der Waals surface area (Å²) >= 11 is 1.35. The molecule has 0 N–H and O–H groups in total. The maximum absolute atomic E-state index is 13.2. The lowest BCUT2D eigenvalue weighted by molar-refractivity contribution is 0.0600. The number of thiazole rings is 1. The zero-order valence-electron chi connectivity index (χ0n) is 15.3. The summed E-state index contributed by atoms with van der Waals surface area (Å²) in [6, 6.07) is 17.2. The summed E-state index contributed by atoms with van der Waals surface area (Å²) in [7, 11) is 1.31. The fourth-order valence-corrected chi connectivity index (χ4v) is 3.53. The van der Waals surface area contributed by atoms with Crippen LogP contribution in [0.15, 0.2) is 76.4 Å². The van der Waals surface area contributed by atoms with Gasteiger partial charge in [0, 0.05) is 5.56 Å². The normalized spacial score (nSPS) is 11.1. The Labute approximate surface area is 169 Å². The Balaban J connectivity index is 1.70. The van der Waals surface area contributed by atoms with E-state index in [9.17, 15) is 9.59 Å². The first kappa shape index (κ1) is 18.6. The van der Waals surface area contributed by atoms with Crippen LogP contribution in [0.3, 0.4) is 0 Å². The Kier molecular flexibility index (Phi) is 5.17. The number of para-hydroxylation sites is 1. The molecular weight excluding hydrogens is 390 g/mol. The van der Waals surface area contributed by atoms with Crippen molar-refractivity contribution in [2.75, 3.05) is 12.1 Å². The number of fused-ring (bicyclic) bond motifs is 1. The van der Waals surface area contributed by atoms with Crippen molar-refractivity contribution in [3.8, 4) is 0 Å². The monoisotopic (exact) mass is 405 g/mol. The van der Waals surface area contributed by atoms with Gasteiger partial charge in [0.2, 0.25) is 5.13 Å². The topological polar surface area (TPSA) is 85.0 Å². The van der Waals surface area contributed by atoms with E-state index in [1.54, 1.807) is 24.3 Å². The van der Waals surface area contributed by atoms with Gasteiger partial charge < -0.3 is 9.15 Å². The number of amides is 1. The maximum Gasteiger partial charge on any atom is 0.337 e.